The highest BCUT2D eigenvalue weighted by Gasteiger charge is 2.04. The second kappa shape index (κ2) is 5.60. The Bertz CT molecular complexity index is 176. The molecule has 62 valence electrons. The Balaban J connectivity index is 3.68. The van der Waals surface area contributed by atoms with Crippen LogP contribution in [0.25, 0.3) is 0 Å². The van der Waals surface area contributed by atoms with Gasteiger partial charge < -0.3 is 9.47 Å². The molecule has 0 aromatic rings. The molecule has 0 bridgehead atoms. The predicted molar refractivity (Wildman–Crippen MR) is 41.0 cm³/mol. The Morgan fingerprint density at radius 1 is 1.64 bits per heavy atom. The first-order chi connectivity index (χ1) is 5.20. The first-order valence-corrected chi connectivity index (χ1v) is 3.43. The summed E-state index contributed by atoms with van der Waals surface area (Å²) in [4.78, 5) is 10.5. The van der Waals surface area contributed by atoms with Gasteiger partial charge in [-0.1, -0.05) is 18.8 Å². The van der Waals surface area contributed by atoms with Crippen LogP contribution in [0.5, 0.6) is 0 Å². The average Bonchev–Trinajstić information content (AvgIpc) is 2.00. The highest BCUT2D eigenvalue weighted by Crippen LogP contribution is 1.91. The quantitative estimate of drug-likeness (QED) is 0.427. The molecule has 0 radical (unpaired) electrons. The van der Waals surface area contributed by atoms with E-state index in [1.165, 1.54) is 7.11 Å². The largest absolute Gasteiger partial charge is 0.509 e. The minimum Gasteiger partial charge on any atom is -0.438 e. The Hall–Kier alpha value is -1.17. The molecule has 0 amide bonds. The number of carbonyl (C=O) groups is 1. The van der Waals surface area contributed by atoms with E-state index in [2.05, 4.69) is 21.3 Å². The Kier molecular flexibility index (Phi) is 5.01. The van der Waals surface area contributed by atoms with Crippen LogP contribution in [0.3, 0.4) is 0 Å². The van der Waals surface area contributed by atoms with Gasteiger partial charge >= 0.3 is 6.16 Å². The summed E-state index contributed by atoms with van der Waals surface area (Å²) in [6, 6.07) is 0. The van der Waals surface area contributed by atoms with Crippen LogP contribution in [-0.2, 0) is 9.47 Å². The number of hydrogen-bond acceptors (Lipinski definition) is 3. The van der Waals surface area contributed by atoms with Crippen LogP contribution in [0.2, 0.25) is 0 Å². The summed E-state index contributed by atoms with van der Waals surface area (Å²) in [5, 5.41) is 0. The molecule has 3 heteroatoms. The average molecular weight is 156 g/mol. The summed E-state index contributed by atoms with van der Waals surface area (Å²) in [6.45, 7) is 3.62. The number of rotatable bonds is 1. The summed E-state index contributed by atoms with van der Waals surface area (Å²) >= 11 is 0. The van der Waals surface area contributed by atoms with Crippen LogP contribution in [0.15, 0.2) is 0 Å². The minimum absolute atomic E-state index is 0.387. The first-order valence-electron chi connectivity index (χ1n) is 3.43. The van der Waals surface area contributed by atoms with Crippen molar-refractivity contribution in [1.82, 2.24) is 0 Å². The van der Waals surface area contributed by atoms with E-state index < -0.39 is 6.16 Å². The Labute approximate surface area is 66.7 Å². The zero-order valence-corrected chi connectivity index (χ0v) is 7.01. The maximum Gasteiger partial charge on any atom is 0.509 e. The molecule has 0 spiro atoms. The fourth-order valence-electron chi connectivity index (χ4n) is 0.468. The SMILES string of the molecule is CCC#CC(C)OC(=O)OC. The van der Waals surface area contributed by atoms with Crippen LogP contribution < -0.4 is 0 Å². The number of hydrogen-bond donors (Lipinski definition) is 0. The standard InChI is InChI=1S/C8H12O3/c1-4-5-6-7(2)11-8(9)10-3/h7H,4H2,1-3H3. The molecular weight excluding hydrogens is 144 g/mol. The van der Waals surface area contributed by atoms with E-state index in [1.54, 1.807) is 6.92 Å². The van der Waals surface area contributed by atoms with Crippen molar-refractivity contribution in [3.05, 3.63) is 0 Å². The molecule has 0 rings (SSSR count). The van der Waals surface area contributed by atoms with Crippen molar-refractivity contribution < 1.29 is 14.3 Å². The minimum atomic E-state index is -0.692. The topological polar surface area (TPSA) is 35.5 Å². The van der Waals surface area contributed by atoms with Gasteiger partial charge in [0.25, 0.3) is 0 Å². The monoisotopic (exact) mass is 156 g/mol. The third kappa shape index (κ3) is 5.28. The second-order valence-electron chi connectivity index (χ2n) is 1.89. The molecule has 0 heterocycles. The molecule has 1 atom stereocenters. The predicted octanol–water partition coefficient (Wildman–Crippen LogP) is 1.57. The van der Waals surface area contributed by atoms with Crippen LogP contribution in [0.1, 0.15) is 20.3 Å². The van der Waals surface area contributed by atoms with Gasteiger partial charge in [0.05, 0.1) is 7.11 Å². The molecule has 3 nitrogen and oxygen atoms in total. The lowest BCUT2D eigenvalue weighted by molar-refractivity contribution is 0.0604. The van der Waals surface area contributed by atoms with E-state index >= 15 is 0 Å². The second-order valence-corrected chi connectivity index (χ2v) is 1.89. The van der Waals surface area contributed by atoms with E-state index in [4.69, 9.17) is 0 Å². The first kappa shape index (κ1) is 9.83. The van der Waals surface area contributed by atoms with Crippen LogP contribution in [0.4, 0.5) is 4.79 Å². The maximum absolute atomic E-state index is 10.5. The molecule has 0 saturated carbocycles. The van der Waals surface area contributed by atoms with Gasteiger partial charge in [0.15, 0.2) is 6.10 Å². The molecule has 0 aromatic carbocycles. The highest BCUT2D eigenvalue weighted by atomic mass is 16.7. The lowest BCUT2D eigenvalue weighted by atomic mass is 10.4. The third-order valence-electron chi connectivity index (χ3n) is 0.922. The molecule has 11 heavy (non-hydrogen) atoms. The van der Waals surface area contributed by atoms with E-state index in [0.29, 0.717) is 0 Å². The van der Waals surface area contributed by atoms with Gasteiger partial charge in [0.1, 0.15) is 0 Å². The lowest BCUT2D eigenvalue weighted by Crippen LogP contribution is -2.12. The van der Waals surface area contributed by atoms with Gasteiger partial charge in [-0.3, -0.25) is 0 Å². The summed E-state index contributed by atoms with van der Waals surface area (Å²) < 4.78 is 8.94. The third-order valence-corrected chi connectivity index (χ3v) is 0.922. The fraction of sp³-hybridized carbons (Fsp3) is 0.625. The highest BCUT2D eigenvalue weighted by molar-refractivity contribution is 5.60. The zero-order chi connectivity index (χ0) is 8.69. The summed E-state index contributed by atoms with van der Waals surface area (Å²) in [6.07, 6.45) is -0.320. The lowest BCUT2D eigenvalue weighted by Gasteiger charge is -2.03. The van der Waals surface area contributed by atoms with E-state index in [9.17, 15) is 4.79 Å². The molecule has 0 fully saturated rings. The molecule has 1 unspecified atom stereocenters. The van der Waals surface area contributed by atoms with Gasteiger partial charge in [0, 0.05) is 6.42 Å². The molecular formula is C8H12O3. The van der Waals surface area contributed by atoms with Crippen molar-refractivity contribution in [2.24, 2.45) is 0 Å². The van der Waals surface area contributed by atoms with Crippen LogP contribution in [0, 0.1) is 11.8 Å². The van der Waals surface area contributed by atoms with Gasteiger partial charge in [-0.2, -0.15) is 0 Å². The van der Waals surface area contributed by atoms with Crippen molar-refractivity contribution >= 4 is 6.16 Å². The van der Waals surface area contributed by atoms with E-state index in [1.807, 2.05) is 6.92 Å². The van der Waals surface area contributed by atoms with Gasteiger partial charge in [-0.25, -0.2) is 4.79 Å². The van der Waals surface area contributed by atoms with E-state index in [0.717, 1.165) is 6.42 Å². The van der Waals surface area contributed by atoms with Crippen molar-refractivity contribution in [3.63, 3.8) is 0 Å². The van der Waals surface area contributed by atoms with Gasteiger partial charge in [-0.15, -0.1) is 0 Å². The zero-order valence-electron chi connectivity index (χ0n) is 7.01. The van der Waals surface area contributed by atoms with Crippen molar-refractivity contribution in [2.45, 2.75) is 26.4 Å². The normalized spacial score (nSPS) is 10.8. The number of methoxy groups -OCH3 is 1. The summed E-state index contributed by atoms with van der Waals surface area (Å²) in [5.74, 6) is 5.52. The molecule has 0 aromatic heterocycles. The summed E-state index contributed by atoms with van der Waals surface area (Å²) in [7, 11) is 1.27. The van der Waals surface area contributed by atoms with Crippen LogP contribution in [-0.4, -0.2) is 19.4 Å². The van der Waals surface area contributed by atoms with Crippen molar-refractivity contribution in [3.8, 4) is 11.8 Å². The Morgan fingerprint density at radius 2 is 2.27 bits per heavy atom. The molecule has 0 N–H and O–H groups in total. The Morgan fingerprint density at radius 3 is 2.73 bits per heavy atom. The molecule has 0 aliphatic heterocycles. The smallest absolute Gasteiger partial charge is 0.438 e. The van der Waals surface area contributed by atoms with Crippen LogP contribution >= 0.6 is 0 Å². The van der Waals surface area contributed by atoms with Crippen molar-refractivity contribution in [1.29, 1.82) is 0 Å². The molecule has 0 saturated heterocycles. The van der Waals surface area contributed by atoms with Gasteiger partial charge in [-0.05, 0) is 6.92 Å². The van der Waals surface area contributed by atoms with Gasteiger partial charge in [0.2, 0.25) is 0 Å². The number of ether oxygens (including phenoxy) is 2. The van der Waals surface area contributed by atoms with Crippen molar-refractivity contribution in [2.75, 3.05) is 7.11 Å². The summed E-state index contributed by atoms with van der Waals surface area (Å²) in [5.41, 5.74) is 0. The van der Waals surface area contributed by atoms with E-state index in [-0.39, 0.29) is 6.10 Å². The maximum atomic E-state index is 10.5. The molecule has 0 aliphatic rings. The number of carbonyl (C=O) groups excluding carboxylic acids is 1. The molecule has 0 aliphatic carbocycles. The fourth-order valence-corrected chi connectivity index (χ4v) is 0.468.